The van der Waals surface area contributed by atoms with Gasteiger partial charge in [0.25, 0.3) is 0 Å². The molecule has 9 heavy (non-hydrogen) atoms. The van der Waals surface area contributed by atoms with E-state index in [-0.39, 0.29) is 0 Å². The van der Waals surface area contributed by atoms with E-state index in [1.165, 1.54) is 6.42 Å². The van der Waals surface area contributed by atoms with Crippen LogP contribution in [-0.2, 0) is 8.96 Å². The first kappa shape index (κ1) is 8.15. The zero-order valence-electron chi connectivity index (χ0n) is 6.09. The molecule has 0 aliphatic carbocycles. The fourth-order valence-electron chi connectivity index (χ4n) is 1.03. The van der Waals surface area contributed by atoms with Gasteiger partial charge in [0.2, 0.25) is 0 Å². The SMILES string of the molecule is CC1CC(C)S[S+](C)S1. The Bertz CT molecular complexity index is 69.3. The molecule has 1 heterocycles. The molecule has 0 nitrogen and oxygen atoms in total. The van der Waals surface area contributed by atoms with Crippen LogP contribution in [0, 0.1) is 0 Å². The summed E-state index contributed by atoms with van der Waals surface area (Å²) in [7, 11) is 4.85. The molecule has 2 atom stereocenters. The Labute approximate surface area is 67.7 Å². The monoisotopic (exact) mass is 181 g/mol. The lowest BCUT2D eigenvalue weighted by Gasteiger charge is -2.17. The molecule has 2 unspecified atom stereocenters. The minimum atomic E-state index is 0.583. The maximum Gasteiger partial charge on any atom is 0.124 e. The van der Waals surface area contributed by atoms with Gasteiger partial charge in [-0.05, 0) is 20.3 Å². The van der Waals surface area contributed by atoms with Crippen LogP contribution in [-0.4, -0.2) is 16.8 Å². The molecule has 0 spiro atoms. The van der Waals surface area contributed by atoms with E-state index in [4.69, 9.17) is 0 Å². The van der Waals surface area contributed by atoms with E-state index in [0.29, 0.717) is 8.96 Å². The van der Waals surface area contributed by atoms with E-state index in [9.17, 15) is 0 Å². The lowest BCUT2D eigenvalue weighted by atomic mass is 10.3. The molecule has 3 heteroatoms. The van der Waals surface area contributed by atoms with Crippen LogP contribution >= 0.6 is 21.6 Å². The summed E-state index contributed by atoms with van der Waals surface area (Å²) >= 11 is 0. The van der Waals surface area contributed by atoms with Crippen molar-refractivity contribution in [3.63, 3.8) is 0 Å². The minimum absolute atomic E-state index is 0.583. The van der Waals surface area contributed by atoms with Gasteiger partial charge in [0, 0.05) is 0 Å². The fourth-order valence-corrected chi connectivity index (χ4v) is 9.06. The molecule has 1 fully saturated rings. The molecule has 1 aliphatic rings. The quantitative estimate of drug-likeness (QED) is 0.416. The molecule has 0 N–H and O–H groups in total. The smallest absolute Gasteiger partial charge is 0.0488 e. The Balaban J connectivity index is 2.34. The molecular formula is C6H13S3+. The van der Waals surface area contributed by atoms with Crippen LogP contribution in [0.1, 0.15) is 20.3 Å². The molecule has 0 aromatic rings. The van der Waals surface area contributed by atoms with Crippen molar-refractivity contribution in [2.45, 2.75) is 30.8 Å². The van der Waals surface area contributed by atoms with Crippen LogP contribution < -0.4 is 0 Å². The number of hydrogen-bond acceptors (Lipinski definition) is 2. The third-order valence-electron chi connectivity index (χ3n) is 1.26. The summed E-state index contributed by atoms with van der Waals surface area (Å²) in [5.74, 6) is 0. The topological polar surface area (TPSA) is 0 Å². The fraction of sp³-hybridized carbons (Fsp3) is 1.00. The Morgan fingerprint density at radius 3 is 2.00 bits per heavy atom. The summed E-state index contributed by atoms with van der Waals surface area (Å²) in [4.78, 5) is 0. The highest BCUT2D eigenvalue weighted by molar-refractivity contribution is 9.06. The van der Waals surface area contributed by atoms with Gasteiger partial charge in [0.1, 0.15) is 36.8 Å². The Kier molecular flexibility index (Phi) is 3.12. The standard InChI is InChI=1S/C6H13S3/c1-5-4-6(2)8-9(3)7-5/h5-6H,4H2,1-3H3/q+1. The summed E-state index contributed by atoms with van der Waals surface area (Å²) in [5, 5.41) is 1.80. The van der Waals surface area contributed by atoms with Crippen molar-refractivity contribution in [2.24, 2.45) is 0 Å². The van der Waals surface area contributed by atoms with Crippen LogP contribution in [0.4, 0.5) is 0 Å². The Morgan fingerprint density at radius 2 is 1.67 bits per heavy atom. The normalized spacial score (nSPS) is 45.0. The van der Waals surface area contributed by atoms with Crippen molar-refractivity contribution >= 4 is 30.5 Å². The molecule has 0 radical (unpaired) electrons. The number of hydrogen-bond donors (Lipinski definition) is 0. The van der Waals surface area contributed by atoms with Crippen LogP contribution in [0.2, 0.25) is 0 Å². The summed E-state index contributed by atoms with van der Waals surface area (Å²) in [5.41, 5.74) is 0. The van der Waals surface area contributed by atoms with Crippen LogP contribution in [0.5, 0.6) is 0 Å². The lowest BCUT2D eigenvalue weighted by Crippen LogP contribution is -2.15. The average molecular weight is 181 g/mol. The predicted octanol–water partition coefficient (Wildman–Crippen LogP) is 2.71. The predicted molar refractivity (Wildman–Crippen MR) is 52.0 cm³/mol. The molecule has 1 aliphatic heterocycles. The second kappa shape index (κ2) is 3.44. The molecule has 0 amide bonds. The van der Waals surface area contributed by atoms with E-state index < -0.39 is 0 Å². The molecule has 54 valence electrons. The van der Waals surface area contributed by atoms with Gasteiger partial charge in [-0.15, -0.1) is 0 Å². The highest BCUT2D eigenvalue weighted by Gasteiger charge is 2.31. The van der Waals surface area contributed by atoms with Crippen molar-refractivity contribution in [3.8, 4) is 0 Å². The van der Waals surface area contributed by atoms with E-state index in [1.54, 1.807) is 0 Å². The van der Waals surface area contributed by atoms with Crippen LogP contribution in [0.25, 0.3) is 0 Å². The minimum Gasteiger partial charge on any atom is -0.0488 e. The summed E-state index contributed by atoms with van der Waals surface area (Å²) in [6.45, 7) is 4.68. The lowest BCUT2D eigenvalue weighted by molar-refractivity contribution is 0.808. The van der Waals surface area contributed by atoms with Crippen LogP contribution in [0.15, 0.2) is 0 Å². The average Bonchev–Trinajstić information content (AvgIpc) is 1.59. The summed E-state index contributed by atoms with van der Waals surface area (Å²) < 4.78 is 0. The van der Waals surface area contributed by atoms with Gasteiger partial charge in [-0.25, -0.2) is 0 Å². The zero-order chi connectivity index (χ0) is 6.85. The Hall–Kier alpha value is 1.05. The van der Waals surface area contributed by atoms with Crippen molar-refractivity contribution < 1.29 is 0 Å². The van der Waals surface area contributed by atoms with E-state index >= 15 is 0 Å². The first-order chi connectivity index (χ1) is 4.18. The highest BCUT2D eigenvalue weighted by Crippen LogP contribution is 2.41. The maximum absolute atomic E-state index is 2.34. The largest absolute Gasteiger partial charge is 0.124 e. The van der Waals surface area contributed by atoms with Gasteiger partial charge in [-0.2, -0.15) is 0 Å². The highest BCUT2D eigenvalue weighted by atomic mass is 33.5. The molecule has 1 rings (SSSR count). The van der Waals surface area contributed by atoms with Gasteiger partial charge in [-0.3, -0.25) is 0 Å². The molecule has 0 aromatic heterocycles. The second-order valence-corrected chi connectivity index (χ2v) is 10.0. The molecule has 0 bridgehead atoms. The van der Waals surface area contributed by atoms with Crippen molar-refractivity contribution in [2.75, 3.05) is 6.26 Å². The van der Waals surface area contributed by atoms with Crippen molar-refractivity contribution in [3.05, 3.63) is 0 Å². The van der Waals surface area contributed by atoms with Gasteiger partial charge >= 0.3 is 0 Å². The molecule has 0 aromatic carbocycles. The van der Waals surface area contributed by atoms with Gasteiger partial charge < -0.3 is 0 Å². The third-order valence-corrected chi connectivity index (χ3v) is 7.86. The number of rotatable bonds is 0. The third kappa shape index (κ3) is 2.64. The maximum atomic E-state index is 2.34. The first-order valence-corrected chi connectivity index (χ1v) is 7.61. The second-order valence-electron chi connectivity index (χ2n) is 2.45. The van der Waals surface area contributed by atoms with Gasteiger partial charge in [0.15, 0.2) is 0 Å². The molecule has 0 saturated carbocycles. The summed E-state index contributed by atoms with van der Waals surface area (Å²) in [6.07, 6.45) is 3.73. The molecule has 1 saturated heterocycles. The van der Waals surface area contributed by atoms with Crippen LogP contribution in [0.3, 0.4) is 0 Å². The van der Waals surface area contributed by atoms with Gasteiger partial charge in [-0.1, -0.05) is 0 Å². The van der Waals surface area contributed by atoms with Crippen molar-refractivity contribution in [1.82, 2.24) is 0 Å². The zero-order valence-corrected chi connectivity index (χ0v) is 8.54. The van der Waals surface area contributed by atoms with Gasteiger partial charge in [0.05, 0.1) is 10.5 Å². The van der Waals surface area contributed by atoms with E-state index in [2.05, 4.69) is 41.7 Å². The summed E-state index contributed by atoms with van der Waals surface area (Å²) in [6, 6.07) is 0. The van der Waals surface area contributed by atoms with E-state index in [0.717, 1.165) is 10.5 Å². The Morgan fingerprint density at radius 1 is 1.22 bits per heavy atom. The van der Waals surface area contributed by atoms with Crippen molar-refractivity contribution in [1.29, 1.82) is 0 Å². The molecular weight excluding hydrogens is 168 g/mol. The van der Waals surface area contributed by atoms with E-state index in [1.807, 2.05) is 0 Å². The first-order valence-electron chi connectivity index (χ1n) is 3.18.